The second-order valence-corrected chi connectivity index (χ2v) is 13.1. The molecule has 0 atom stereocenters. The summed E-state index contributed by atoms with van der Waals surface area (Å²) in [6, 6.07) is 16.1. The third-order valence-corrected chi connectivity index (χ3v) is 9.74. The molecule has 2 aromatic carbocycles. The minimum absolute atomic E-state index is 0.138. The van der Waals surface area contributed by atoms with Crippen LogP contribution in [0.15, 0.2) is 48.5 Å². The Bertz CT molecular complexity index is 937. The first kappa shape index (κ1) is 40.5. The fourth-order valence-electron chi connectivity index (χ4n) is 2.15. The topological polar surface area (TPSA) is 127 Å². The first-order chi connectivity index (χ1) is 17.1. The van der Waals surface area contributed by atoms with Crippen LogP contribution >= 0.6 is 0 Å². The van der Waals surface area contributed by atoms with E-state index < -0.39 is 8.32 Å². The van der Waals surface area contributed by atoms with Crippen molar-refractivity contribution in [3.8, 4) is 11.5 Å². The van der Waals surface area contributed by atoms with Crippen molar-refractivity contribution in [3.63, 3.8) is 0 Å². The van der Waals surface area contributed by atoms with Crippen molar-refractivity contribution in [2.75, 3.05) is 7.11 Å². The summed E-state index contributed by atoms with van der Waals surface area (Å²) in [5, 5.41) is 0.138. The van der Waals surface area contributed by atoms with Crippen LogP contribution in [0.1, 0.15) is 31.9 Å². The van der Waals surface area contributed by atoms with E-state index >= 15 is 0 Å². The molecule has 0 aliphatic heterocycles. The fourth-order valence-corrected chi connectivity index (χ4v) is 3.43. The van der Waals surface area contributed by atoms with E-state index in [0.29, 0.717) is 11.2 Å². The number of hydrogen-bond donors (Lipinski definition) is 0. The van der Waals surface area contributed by atoms with E-state index in [2.05, 4.69) is 95.1 Å². The molecular formula is C26H28CrO8Si. The van der Waals surface area contributed by atoms with Gasteiger partial charge in [-0.15, -0.1) is 0 Å². The predicted molar refractivity (Wildman–Crippen MR) is 126 cm³/mol. The molecule has 10 heteroatoms. The molecule has 2 rings (SSSR count). The van der Waals surface area contributed by atoms with Crippen molar-refractivity contribution in [3.05, 3.63) is 92.9 Å². The van der Waals surface area contributed by atoms with Crippen LogP contribution in [0.2, 0.25) is 18.1 Å². The molecule has 0 fully saturated rings. The van der Waals surface area contributed by atoms with Gasteiger partial charge in [0.15, 0.2) is 0 Å². The maximum absolute atomic E-state index is 7.50. The van der Waals surface area contributed by atoms with Gasteiger partial charge in [-0.1, -0.05) is 0 Å². The molecule has 0 saturated heterocycles. The molecule has 0 unspecified atom stereocenters. The van der Waals surface area contributed by atoms with Crippen molar-refractivity contribution < 1.29 is 53.0 Å². The van der Waals surface area contributed by atoms with Crippen LogP contribution in [-0.4, -0.2) is 20.0 Å². The molecule has 0 amide bonds. The zero-order valence-electron chi connectivity index (χ0n) is 21.0. The SMILES string of the molecule is CO[C](=[Cr])c1ccc(O[Si](C)(C)C(C)(C)C)cc1OCc1ccccc1.[C-]#[O+].[C-]#[O+].[C-]#[O+].[C-]#[O+].[C-]#[O+]. The molecule has 190 valence electrons. The molecule has 36 heavy (non-hydrogen) atoms. The van der Waals surface area contributed by atoms with Crippen LogP contribution in [-0.2, 0) is 50.5 Å². The maximum atomic E-state index is 7.50. The Balaban J connectivity index is -0.000000456. The standard InChI is InChI=1S/C21H28O3Si.5CO.Cr/c1-21(2,3)25(5,6)24-19-13-12-18(16-22-4)20(14-19)23-15-17-10-8-7-9-11-17;5*1-2;/h7-14H,15H2,1-6H3;;;;;;. The number of methoxy groups -OCH3 is 1. The summed E-state index contributed by atoms with van der Waals surface area (Å²) in [7, 11) is -0.264. The van der Waals surface area contributed by atoms with Gasteiger partial charge in [0.25, 0.3) is 0 Å². The van der Waals surface area contributed by atoms with Crippen LogP contribution in [0.4, 0.5) is 0 Å². The third kappa shape index (κ3) is 15.3. The third-order valence-electron chi connectivity index (χ3n) is 4.77. The zero-order valence-corrected chi connectivity index (χ0v) is 23.3. The number of hydrogen-bond acceptors (Lipinski definition) is 3. The zero-order chi connectivity index (χ0) is 29.4. The van der Waals surface area contributed by atoms with E-state index in [0.717, 1.165) is 22.6 Å². The molecule has 0 bridgehead atoms. The Labute approximate surface area is 222 Å². The van der Waals surface area contributed by atoms with E-state index in [4.69, 9.17) is 37.2 Å². The van der Waals surface area contributed by atoms with Gasteiger partial charge in [0.05, 0.1) is 0 Å². The summed E-state index contributed by atoms with van der Waals surface area (Å²) in [5.41, 5.74) is 2.01. The van der Waals surface area contributed by atoms with Crippen molar-refractivity contribution in [1.82, 2.24) is 0 Å². The quantitative estimate of drug-likeness (QED) is 0.270. The Morgan fingerprint density at radius 1 is 0.833 bits per heavy atom. The van der Waals surface area contributed by atoms with Gasteiger partial charge < -0.3 is 0 Å². The van der Waals surface area contributed by atoms with Crippen molar-refractivity contribution >= 4 is 12.9 Å². The summed E-state index contributed by atoms with van der Waals surface area (Å²) in [6.07, 6.45) is 0. The monoisotopic (exact) mass is 548 g/mol. The number of rotatable bonds is 7. The first-order valence-corrected chi connectivity index (χ1v) is 13.3. The first-order valence-electron chi connectivity index (χ1n) is 9.74. The molecule has 0 aromatic heterocycles. The van der Waals surface area contributed by atoms with Crippen LogP contribution in [0.25, 0.3) is 0 Å². The Kier molecular flexibility index (Phi) is 27.0. The normalized spacial score (nSPS) is 8.89. The van der Waals surface area contributed by atoms with Gasteiger partial charge in [-0.05, 0) is 0 Å². The molecule has 0 aliphatic rings. The van der Waals surface area contributed by atoms with E-state index in [1.54, 1.807) is 7.11 Å². The molecular weight excluding hydrogens is 520 g/mol. The van der Waals surface area contributed by atoms with Gasteiger partial charge in [-0.25, -0.2) is 0 Å². The van der Waals surface area contributed by atoms with Gasteiger partial charge in [-0.2, -0.15) is 0 Å². The molecule has 0 N–H and O–H groups in total. The van der Waals surface area contributed by atoms with Gasteiger partial charge in [0, 0.05) is 0 Å². The Morgan fingerprint density at radius 2 is 1.31 bits per heavy atom. The van der Waals surface area contributed by atoms with Crippen LogP contribution < -0.4 is 9.16 Å². The average molecular weight is 549 g/mol. The Hall–Kier alpha value is -2.68. The van der Waals surface area contributed by atoms with Crippen molar-refractivity contribution in [2.45, 2.75) is 45.5 Å². The van der Waals surface area contributed by atoms with Gasteiger partial charge in [0.1, 0.15) is 0 Å². The molecule has 0 spiro atoms. The Morgan fingerprint density at radius 3 is 1.72 bits per heavy atom. The fraction of sp³-hybridized carbons (Fsp3) is 0.308. The van der Waals surface area contributed by atoms with Crippen LogP contribution in [0, 0.1) is 33.3 Å². The van der Waals surface area contributed by atoms with Gasteiger partial charge in [-0.3, -0.25) is 0 Å². The summed E-state index contributed by atoms with van der Waals surface area (Å²) in [4.78, 5) is 0. The molecule has 8 nitrogen and oxygen atoms in total. The van der Waals surface area contributed by atoms with E-state index in [1.807, 2.05) is 36.4 Å². The molecule has 0 radical (unpaired) electrons. The van der Waals surface area contributed by atoms with Crippen LogP contribution in [0.3, 0.4) is 0 Å². The molecule has 0 aliphatic carbocycles. The predicted octanol–water partition coefficient (Wildman–Crippen LogP) is 5.13. The van der Waals surface area contributed by atoms with E-state index in [-0.39, 0.29) is 5.04 Å². The van der Waals surface area contributed by atoms with Crippen LogP contribution in [0.5, 0.6) is 11.5 Å². The number of benzene rings is 2. The molecule has 0 heterocycles. The molecule has 2 aromatic rings. The molecule has 0 saturated carbocycles. The van der Waals surface area contributed by atoms with Gasteiger partial charge in [0.2, 0.25) is 0 Å². The summed E-state index contributed by atoms with van der Waals surface area (Å²) < 4.78 is 56.1. The second-order valence-electron chi connectivity index (χ2n) is 7.79. The van der Waals surface area contributed by atoms with Gasteiger partial charge >= 0.3 is 223 Å². The second kappa shape index (κ2) is 24.0. The van der Waals surface area contributed by atoms with Crippen molar-refractivity contribution in [1.29, 1.82) is 0 Å². The van der Waals surface area contributed by atoms with E-state index in [1.165, 1.54) is 0 Å². The van der Waals surface area contributed by atoms with E-state index in [9.17, 15) is 0 Å². The van der Waals surface area contributed by atoms with Crippen molar-refractivity contribution in [2.24, 2.45) is 0 Å². The summed E-state index contributed by atoms with van der Waals surface area (Å²) in [5.74, 6) is 1.59. The summed E-state index contributed by atoms with van der Waals surface area (Å²) >= 11 is 2.96. The average Bonchev–Trinajstić information content (AvgIpc) is 2.92. The summed E-state index contributed by atoms with van der Waals surface area (Å²) in [6.45, 7) is 34.2. The minimum atomic E-state index is -1.91. The number of ether oxygens (including phenoxy) is 2.